The first-order valence-electron chi connectivity index (χ1n) is 13.9. The lowest BCUT2D eigenvalue weighted by Crippen LogP contribution is -2.66. The Balaban J connectivity index is 1.39. The highest BCUT2D eigenvalue weighted by Gasteiger charge is 2.62. The third-order valence-electron chi connectivity index (χ3n) is 8.87. The number of nitrogens with one attached hydrogen (secondary N) is 1. The molecule has 0 aromatic heterocycles. The SMILES string of the molecule is CC1(C)O[C@@H]2[C@@H](O[Si](C)(C)C(C)(C)C)[C@@H]3OCc4cc5c(cc4[C@@H]3[C@@H](NOCc3ccccc3)[C@@H]2O1)OCO5. The summed E-state index contributed by atoms with van der Waals surface area (Å²) in [5.74, 6) is 0.623. The van der Waals surface area contributed by atoms with Crippen LogP contribution >= 0.6 is 0 Å². The Morgan fingerprint density at radius 3 is 2.38 bits per heavy atom. The van der Waals surface area contributed by atoms with Gasteiger partial charge in [-0.1, -0.05) is 51.1 Å². The maximum atomic E-state index is 7.13. The van der Waals surface area contributed by atoms with Crippen LogP contribution in [0.2, 0.25) is 18.1 Å². The quantitative estimate of drug-likeness (QED) is 0.375. The first kappa shape index (κ1) is 27.2. The van der Waals surface area contributed by atoms with Crippen LogP contribution in [0.1, 0.15) is 57.2 Å². The van der Waals surface area contributed by atoms with Crippen molar-refractivity contribution >= 4 is 8.32 Å². The van der Waals surface area contributed by atoms with E-state index in [2.05, 4.69) is 57.5 Å². The van der Waals surface area contributed by atoms with E-state index >= 15 is 0 Å². The summed E-state index contributed by atoms with van der Waals surface area (Å²) in [5, 5.41) is 0.0272. The Hall–Kier alpha value is -1.98. The molecule has 9 heteroatoms. The lowest BCUT2D eigenvalue weighted by atomic mass is 9.71. The molecule has 6 atom stereocenters. The summed E-state index contributed by atoms with van der Waals surface area (Å²) in [6, 6.07) is 14.0. The molecule has 2 aromatic rings. The summed E-state index contributed by atoms with van der Waals surface area (Å²) in [4.78, 5) is 6.15. The van der Waals surface area contributed by atoms with Gasteiger partial charge in [-0.25, -0.2) is 0 Å². The van der Waals surface area contributed by atoms with Crippen LogP contribution in [0.5, 0.6) is 11.5 Å². The molecular formula is C30H41NO7Si. The normalized spacial score (nSPS) is 30.9. The molecular weight excluding hydrogens is 514 g/mol. The predicted octanol–water partition coefficient (Wildman–Crippen LogP) is 5.41. The molecule has 3 aliphatic heterocycles. The van der Waals surface area contributed by atoms with Crippen LogP contribution in [-0.4, -0.2) is 51.4 Å². The number of fused-ring (bicyclic) bond motifs is 5. The van der Waals surface area contributed by atoms with Crippen LogP contribution in [-0.2, 0) is 36.7 Å². The maximum Gasteiger partial charge on any atom is 0.231 e. The molecule has 0 unspecified atom stereocenters. The van der Waals surface area contributed by atoms with E-state index in [0.717, 1.165) is 28.2 Å². The molecule has 2 fully saturated rings. The standard InChI is InChI=1S/C30H41NO7Si/c1-29(2,3)39(6,7)38-28-25-23(20-14-22-21(33-17-34-22)13-19(20)16-32-25)24(26-27(28)37-30(4,5)36-26)31-35-15-18-11-9-8-10-12-18/h8-14,23-28,31H,15-17H2,1-7H3/t23-,24-,25-,26+,27+,28+/m1/s1. The maximum absolute atomic E-state index is 7.13. The molecule has 8 nitrogen and oxygen atoms in total. The van der Waals surface area contributed by atoms with E-state index in [1.807, 2.05) is 38.1 Å². The molecule has 1 saturated heterocycles. The van der Waals surface area contributed by atoms with Gasteiger partial charge >= 0.3 is 0 Å². The average molecular weight is 556 g/mol. The minimum absolute atomic E-state index is 0.0272. The second-order valence-corrected chi connectivity index (χ2v) is 17.8. The summed E-state index contributed by atoms with van der Waals surface area (Å²) < 4.78 is 38.5. The third-order valence-corrected chi connectivity index (χ3v) is 13.3. The summed E-state index contributed by atoms with van der Waals surface area (Å²) in [5.41, 5.74) is 6.71. The van der Waals surface area contributed by atoms with Crippen LogP contribution in [0.25, 0.3) is 0 Å². The monoisotopic (exact) mass is 555 g/mol. The molecule has 212 valence electrons. The zero-order valence-corrected chi connectivity index (χ0v) is 25.0. The van der Waals surface area contributed by atoms with Crippen molar-refractivity contribution in [2.75, 3.05) is 6.79 Å². The van der Waals surface area contributed by atoms with Crippen molar-refractivity contribution in [2.45, 2.75) is 108 Å². The number of rotatable bonds is 6. The van der Waals surface area contributed by atoms with E-state index in [4.69, 9.17) is 32.9 Å². The van der Waals surface area contributed by atoms with Gasteiger partial charge in [-0.3, -0.25) is 4.84 Å². The minimum atomic E-state index is -2.19. The van der Waals surface area contributed by atoms with Crippen molar-refractivity contribution in [1.82, 2.24) is 5.48 Å². The van der Waals surface area contributed by atoms with Crippen molar-refractivity contribution < 1.29 is 32.9 Å². The van der Waals surface area contributed by atoms with Gasteiger partial charge < -0.3 is 28.1 Å². The first-order valence-corrected chi connectivity index (χ1v) is 16.8. The van der Waals surface area contributed by atoms with Gasteiger partial charge in [0.05, 0.1) is 25.4 Å². The Morgan fingerprint density at radius 1 is 0.974 bits per heavy atom. The highest BCUT2D eigenvalue weighted by molar-refractivity contribution is 6.74. The minimum Gasteiger partial charge on any atom is -0.454 e. The number of ether oxygens (including phenoxy) is 5. The summed E-state index contributed by atoms with van der Waals surface area (Å²) >= 11 is 0. The summed E-state index contributed by atoms with van der Waals surface area (Å²) in [7, 11) is -2.19. The molecule has 1 N–H and O–H groups in total. The Morgan fingerprint density at radius 2 is 1.67 bits per heavy atom. The Bertz CT molecular complexity index is 1200. The van der Waals surface area contributed by atoms with E-state index in [-0.39, 0.29) is 48.2 Å². The fourth-order valence-electron chi connectivity index (χ4n) is 5.93. The lowest BCUT2D eigenvalue weighted by molar-refractivity contribution is -0.168. The van der Waals surface area contributed by atoms with Crippen molar-refractivity contribution in [3.8, 4) is 11.5 Å². The van der Waals surface area contributed by atoms with E-state index in [1.54, 1.807) is 0 Å². The number of benzene rings is 2. The van der Waals surface area contributed by atoms with Crippen LogP contribution in [0.3, 0.4) is 0 Å². The molecule has 0 radical (unpaired) electrons. The summed E-state index contributed by atoms with van der Waals surface area (Å²) in [6.07, 6.45) is -1.19. The molecule has 6 rings (SSSR count). The van der Waals surface area contributed by atoms with Gasteiger partial charge in [0.1, 0.15) is 18.3 Å². The van der Waals surface area contributed by atoms with Crippen LogP contribution < -0.4 is 15.0 Å². The molecule has 1 aliphatic carbocycles. The predicted molar refractivity (Wildman–Crippen MR) is 148 cm³/mol. The van der Waals surface area contributed by atoms with E-state index < -0.39 is 14.1 Å². The number of hydrogen-bond acceptors (Lipinski definition) is 8. The van der Waals surface area contributed by atoms with E-state index in [0.29, 0.717) is 13.2 Å². The molecule has 0 bridgehead atoms. The van der Waals surface area contributed by atoms with Crippen molar-refractivity contribution in [3.63, 3.8) is 0 Å². The van der Waals surface area contributed by atoms with E-state index in [9.17, 15) is 0 Å². The second kappa shape index (κ2) is 9.83. The molecule has 3 heterocycles. The second-order valence-electron chi connectivity index (χ2n) is 13.0. The zero-order valence-electron chi connectivity index (χ0n) is 24.0. The van der Waals surface area contributed by atoms with Gasteiger partial charge in [0, 0.05) is 5.92 Å². The number of hydrogen-bond donors (Lipinski definition) is 1. The van der Waals surface area contributed by atoms with Crippen molar-refractivity contribution in [2.24, 2.45) is 0 Å². The average Bonchev–Trinajstić information content (AvgIpc) is 3.46. The largest absolute Gasteiger partial charge is 0.454 e. The highest BCUT2D eigenvalue weighted by atomic mass is 28.4. The topological polar surface area (TPSA) is 76.6 Å². The van der Waals surface area contributed by atoms with Crippen LogP contribution in [0.4, 0.5) is 0 Å². The number of hydroxylamine groups is 1. The summed E-state index contributed by atoms with van der Waals surface area (Å²) in [6.45, 7) is 16.4. The Kier molecular flexibility index (Phi) is 6.86. The molecule has 4 aliphatic rings. The van der Waals surface area contributed by atoms with E-state index in [1.165, 1.54) is 0 Å². The smallest absolute Gasteiger partial charge is 0.231 e. The van der Waals surface area contributed by atoms with Crippen LogP contribution in [0, 0.1) is 0 Å². The molecule has 1 saturated carbocycles. The fourth-order valence-corrected chi connectivity index (χ4v) is 7.23. The first-order chi connectivity index (χ1) is 18.4. The Labute approximate surface area is 232 Å². The molecule has 0 amide bonds. The third kappa shape index (κ3) is 5.03. The van der Waals surface area contributed by atoms with Gasteiger partial charge in [0.15, 0.2) is 25.6 Å². The molecule has 0 spiro atoms. The lowest BCUT2D eigenvalue weighted by Gasteiger charge is -2.52. The fraction of sp³-hybridized carbons (Fsp3) is 0.600. The van der Waals surface area contributed by atoms with Gasteiger partial charge in [-0.15, -0.1) is 0 Å². The van der Waals surface area contributed by atoms with Crippen molar-refractivity contribution in [3.05, 3.63) is 59.2 Å². The molecule has 39 heavy (non-hydrogen) atoms. The highest BCUT2D eigenvalue weighted by Crippen LogP contribution is 2.52. The molecule has 2 aromatic carbocycles. The van der Waals surface area contributed by atoms with Crippen LogP contribution in [0.15, 0.2) is 42.5 Å². The van der Waals surface area contributed by atoms with Gasteiger partial charge in [0.2, 0.25) is 6.79 Å². The zero-order chi connectivity index (χ0) is 27.6. The van der Waals surface area contributed by atoms with Crippen molar-refractivity contribution in [1.29, 1.82) is 0 Å². The van der Waals surface area contributed by atoms with Gasteiger partial charge in [-0.05, 0) is 60.8 Å². The van der Waals surface area contributed by atoms with Gasteiger partial charge in [0.25, 0.3) is 0 Å². The van der Waals surface area contributed by atoms with Gasteiger partial charge in [-0.2, -0.15) is 5.48 Å².